The number of carbonyl (C=O) groups excluding carboxylic acids is 1. The first kappa shape index (κ1) is 14.3. The fourth-order valence-corrected chi connectivity index (χ4v) is 2.90. The first-order valence-electron chi connectivity index (χ1n) is 7.33. The van der Waals surface area contributed by atoms with Crippen LogP contribution in [0.5, 0.6) is 0 Å². The standard InChI is InChI=1S/C14H24N2O3/c1-2-16(12-3-4-12)13(17)10-15-7-5-11(6-8-15)9-14(18)19/h11-12H,2-10H2,1H3,(H,18,19). The number of carboxylic acids is 1. The van der Waals surface area contributed by atoms with E-state index < -0.39 is 5.97 Å². The monoisotopic (exact) mass is 268 g/mol. The number of amides is 1. The van der Waals surface area contributed by atoms with Crippen LogP contribution in [0.4, 0.5) is 0 Å². The van der Waals surface area contributed by atoms with E-state index in [9.17, 15) is 9.59 Å². The fourth-order valence-electron chi connectivity index (χ4n) is 2.90. The highest BCUT2D eigenvalue weighted by atomic mass is 16.4. The van der Waals surface area contributed by atoms with E-state index in [1.165, 1.54) is 0 Å². The molecule has 2 rings (SSSR count). The summed E-state index contributed by atoms with van der Waals surface area (Å²) in [6.07, 6.45) is 4.37. The summed E-state index contributed by atoms with van der Waals surface area (Å²) >= 11 is 0. The number of likely N-dealkylation sites (tertiary alicyclic amines) is 1. The number of nitrogens with zero attached hydrogens (tertiary/aromatic N) is 2. The second-order valence-electron chi connectivity index (χ2n) is 5.73. The molecule has 2 aliphatic rings. The molecule has 1 heterocycles. The average molecular weight is 268 g/mol. The van der Waals surface area contributed by atoms with Crippen molar-refractivity contribution in [1.29, 1.82) is 0 Å². The Morgan fingerprint density at radius 3 is 2.32 bits per heavy atom. The molecule has 1 aliphatic heterocycles. The molecule has 0 aromatic heterocycles. The van der Waals surface area contributed by atoms with Crippen molar-refractivity contribution in [3.05, 3.63) is 0 Å². The number of rotatable bonds is 6. The first-order chi connectivity index (χ1) is 9.10. The van der Waals surface area contributed by atoms with Gasteiger partial charge in [0, 0.05) is 19.0 Å². The number of carboxylic acid groups (broad SMARTS) is 1. The van der Waals surface area contributed by atoms with E-state index in [1.54, 1.807) is 0 Å². The zero-order chi connectivity index (χ0) is 13.8. The molecule has 0 aromatic carbocycles. The van der Waals surface area contributed by atoms with Crippen molar-refractivity contribution in [1.82, 2.24) is 9.80 Å². The van der Waals surface area contributed by atoms with Crippen molar-refractivity contribution in [2.45, 2.75) is 45.1 Å². The van der Waals surface area contributed by atoms with Gasteiger partial charge in [-0.3, -0.25) is 14.5 Å². The molecule has 0 bridgehead atoms. The Morgan fingerprint density at radius 2 is 1.84 bits per heavy atom. The maximum atomic E-state index is 12.2. The van der Waals surface area contributed by atoms with Crippen molar-refractivity contribution < 1.29 is 14.7 Å². The minimum Gasteiger partial charge on any atom is -0.481 e. The lowest BCUT2D eigenvalue weighted by Crippen LogP contribution is -2.44. The molecule has 0 unspecified atom stereocenters. The van der Waals surface area contributed by atoms with E-state index in [0.717, 1.165) is 45.3 Å². The number of carbonyl (C=O) groups is 2. The molecular weight excluding hydrogens is 244 g/mol. The van der Waals surface area contributed by atoms with Gasteiger partial charge in [-0.25, -0.2) is 0 Å². The second-order valence-corrected chi connectivity index (χ2v) is 5.73. The summed E-state index contributed by atoms with van der Waals surface area (Å²) in [5.74, 6) is -0.184. The molecule has 1 saturated heterocycles. The molecule has 1 saturated carbocycles. The summed E-state index contributed by atoms with van der Waals surface area (Å²) in [4.78, 5) is 27.0. The normalized spacial score (nSPS) is 21.3. The Balaban J connectivity index is 1.72. The molecule has 0 aromatic rings. The summed E-state index contributed by atoms with van der Waals surface area (Å²) in [7, 11) is 0. The van der Waals surface area contributed by atoms with E-state index in [1.807, 2.05) is 11.8 Å². The van der Waals surface area contributed by atoms with E-state index in [0.29, 0.717) is 12.6 Å². The van der Waals surface area contributed by atoms with Gasteiger partial charge in [-0.2, -0.15) is 0 Å². The molecule has 19 heavy (non-hydrogen) atoms. The Labute approximate surface area is 114 Å². The van der Waals surface area contributed by atoms with Gasteiger partial charge in [0.15, 0.2) is 0 Å². The summed E-state index contributed by atoms with van der Waals surface area (Å²) in [5.41, 5.74) is 0. The maximum absolute atomic E-state index is 12.2. The molecule has 1 aliphatic carbocycles. The van der Waals surface area contributed by atoms with E-state index >= 15 is 0 Å². The van der Waals surface area contributed by atoms with Crippen molar-refractivity contribution in [2.24, 2.45) is 5.92 Å². The predicted octanol–water partition coefficient (Wildman–Crippen LogP) is 1.18. The number of likely N-dealkylation sites (N-methyl/N-ethyl adjacent to an activating group) is 1. The van der Waals surface area contributed by atoms with Crippen molar-refractivity contribution in [2.75, 3.05) is 26.2 Å². The topological polar surface area (TPSA) is 60.9 Å². The molecule has 0 radical (unpaired) electrons. The fraction of sp³-hybridized carbons (Fsp3) is 0.857. The molecule has 5 nitrogen and oxygen atoms in total. The minimum absolute atomic E-state index is 0.238. The molecular formula is C14H24N2O3. The second kappa shape index (κ2) is 6.37. The summed E-state index contributed by atoms with van der Waals surface area (Å²) < 4.78 is 0. The Kier molecular flexibility index (Phi) is 4.80. The maximum Gasteiger partial charge on any atom is 0.303 e. The van der Waals surface area contributed by atoms with Gasteiger partial charge in [-0.15, -0.1) is 0 Å². The number of hydrogen-bond acceptors (Lipinski definition) is 3. The smallest absolute Gasteiger partial charge is 0.303 e. The van der Waals surface area contributed by atoms with Gasteiger partial charge in [-0.1, -0.05) is 0 Å². The minimum atomic E-state index is -0.708. The third-order valence-corrected chi connectivity index (χ3v) is 4.18. The van der Waals surface area contributed by atoms with E-state index in [4.69, 9.17) is 5.11 Å². The SMILES string of the molecule is CCN(C(=O)CN1CCC(CC(=O)O)CC1)C1CC1. The van der Waals surface area contributed by atoms with Crippen LogP contribution >= 0.6 is 0 Å². The molecule has 0 atom stereocenters. The van der Waals surface area contributed by atoms with Crippen molar-refractivity contribution in [3.63, 3.8) is 0 Å². The molecule has 108 valence electrons. The van der Waals surface area contributed by atoms with Crippen LogP contribution in [0.15, 0.2) is 0 Å². The van der Waals surface area contributed by atoms with Crippen LogP contribution in [-0.4, -0.2) is 59.0 Å². The molecule has 0 spiro atoms. The highest BCUT2D eigenvalue weighted by Gasteiger charge is 2.32. The average Bonchev–Trinajstić information content (AvgIpc) is 3.16. The van der Waals surface area contributed by atoms with Crippen LogP contribution in [0.1, 0.15) is 39.0 Å². The van der Waals surface area contributed by atoms with Gasteiger partial charge >= 0.3 is 5.97 Å². The van der Waals surface area contributed by atoms with Crippen LogP contribution in [-0.2, 0) is 9.59 Å². The van der Waals surface area contributed by atoms with E-state index in [2.05, 4.69) is 4.90 Å². The largest absolute Gasteiger partial charge is 0.481 e. The molecule has 1 N–H and O–H groups in total. The molecule has 5 heteroatoms. The summed E-state index contributed by atoms with van der Waals surface area (Å²) in [6, 6.07) is 0.488. The number of aliphatic carboxylic acids is 1. The zero-order valence-corrected chi connectivity index (χ0v) is 11.7. The number of piperidine rings is 1. The quantitative estimate of drug-likeness (QED) is 0.786. The van der Waals surface area contributed by atoms with Gasteiger partial charge in [0.25, 0.3) is 0 Å². The highest BCUT2D eigenvalue weighted by molar-refractivity contribution is 5.79. The van der Waals surface area contributed by atoms with Gasteiger partial charge < -0.3 is 10.0 Å². The third kappa shape index (κ3) is 4.20. The summed E-state index contributed by atoms with van der Waals surface area (Å²) in [6.45, 7) is 5.05. The Hall–Kier alpha value is -1.10. The predicted molar refractivity (Wildman–Crippen MR) is 71.8 cm³/mol. The van der Waals surface area contributed by atoms with Gasteiger partial charge in [0.05, 0.1) is 6.54 Å². The highest BCUT2D eigenvalue weighted by Crippen LogP contribution is 2.27. The first-order valence-corrected chi connectivity index (χ1v) is 7.33. The van der Waals surface area contributed by atoms with Gasteiger partial charge in [0.1, 0.15) is 0 Å². The summed E-state index contributed by atoms with van der Waals surface area (Å²) in [5, 5.41) is 8.78. The molecule has 2 fully saturated rings. The number of hydrogen-bond donors (Lipinski definition) is 1. The van der Waals surface area contributed by atoms with Crippen molar-refractivity contribution in [3.8, 4) is 0 Å². The van der Waals surface area contributed by atoms with Crippen LogP contribution in [0.2, 0.25) is 0 Å². The van der Waals surface area contributed by atoms with Crippen LogP contribution in [0, 0.1) is 5.92 Å². The van der Waals surface area contributed by atoms with Gasteiger partial charge in [-0.05, 0) is 51.6 Å². The van der Waals surface area contributed by atoms with Crippen LogP contribution in [0.25, 0.3) is 0 Å². The third-order valence-electron chi connectivity index (χ3n) is 4.18. The van der Waals surface area contributed by atoms with Crippen molar-refractivity contribution >= 4 is 11.9 Å². The lowest BCUT2D eigenvalue weighted by molar-refractivity contribution is -0.139. The van der Waals surface area contributed by atoms with Gasteiger partial charge in [0.2, 0.25) is 5.91 Å². The lowest BCUT2D eigenvalue weighted by atomic mass is 9.94. The van der Waals surface area contributed by atoms with Crippen LogP contribution < -0.4 is 0 Å². The van der Waals surface area contributed by atoms with Crippen LogP contribution in [0.3, 0.4) is 0 Å². The Bertz CT molecular complexity index is 334. The Morgan fingerprint density at radius 1 is 1.21 bits per heavy atom. The zero-order valence-electron chi connectivity index (χ0n) is 11.7. The van der Waals surface area contributed by atoms with E-state index in [-0.39, 0.29) is 18.2 Å². The lowest BCUT2D eigenvalue weighted by Gasteiger charge is -2.32. The molecule has 1 amide bonds.